The van der Waals surface area contributed by atoms with Gasteiger partial charge in [0.25, 0.3) is 5.91 Å². The van der Waals surface area contributed by atoms with E-state index in [1.807, 2.05) is 0 Å². The van der Waals surface area contributed by atoms with Crippen LogP contribution in [0.1, 0.15) is 15.9 Å². The number of amides is 1. The van der Waals surface area contributed by atoms with E-state index in [0.717, 1.165) is 11.0 Å². The first kappa shape index (κ1) is 15.4. The number of benzene rings is 1. The summed E-state index contributed by atoms with van der Waals surface area (Å²) in [4.78, 5) is 25.2. The van der Waals surface area contributed by atoms with Crippen LogP contribution in [0.15, 0.2) is 12.1 Å². The van der Waals surface area contributed by atoms with Gasteiger partial charge in [-0.25, -0.2) is 13.6 Å². The number of hydrogen-bond donors (Lipinski definition) is 0. The summed E-state index contributed by atoms with van der Waals surface area (Å²) < 4.78 is 37.6. The molecule has 1 amide bonds. The Kier molecular flexibility index (Phi) is 4.52. The van der Waals surface area contributed by atoms with E-state index < -0.39 is 35.1 Å². The van der Waals surface area contributed by atoms with Gasteiger partial charge in [0, 0.05) is 6.54 Å². The molecule has 0 N–H and O–H groups in total. The molecule has 0 aromatic heterocycles. The molecule has 7 heteroatoms. The smallest absolute Gasteiger partial charge is 0.331 e. The molecule has 5 nitrogen and oxygen atoms in total. The predicted octanol–water partition coefficient (Wildman–Crippen LogP) is 1.29. The quantitative estimate of drug-likeness (QED) is 0.772. The van der Waals surface area contributed by atoms with Crippen LogP contribution >= 0.6 is 0 Å². The molecule has 1 aromatic rings. The molecule has 0 spiro atoms. The maximum absolute atomic E-state index is 14.0. The van der Waals surface area contributed by atoms with Crippen molar-refractivity contribution >= 4 is 11.9 Å². The summed E-state index contributed by atoms with van der Waals surface area (Å²) in [5.74, 6) is -3.45. The minimum atomic E-state index is -1.00. The fourth-order valence-electron chi connectivity index (χ4n) is 2.17. The Balaban J connectivity index is 2.38. The van der Waals surface area contributed by atoms with Gasteiger partial charge in [0.15, 0.2) is 6.04 Å². The number of hydrogen-bond acceptors (Lipinski definition) is 4. The summed E-state index contributed by atoms with van der Waals surface area (Å²) in [6, 6.07) is 1.27. The third kappa shape index (κ3) is 2.87. The first-order valence-electron chi connectivity index (χ1n) is 6.38. The van der Waals surface area contributed by atoms with Gasteiger partial charge < -0.3 is 14.4 Å². The van der Waals surface area contributed by atoms with Gasteiger partial charge in [-0.1, -0.05) is 6.07 Å². The number of rotatable bonds is 2. The van der Waals surface area contributed by atoms with Crippen LogP contribution in [0, 0.1) is 18.6 Å². The highest BCUT2D eigenvalue weighted by atomic mass is 19.1. The van der Waals surface area contributed by atoms with Gasteiger partial charge in [0.2, 0.25) is 0 Å². The predicted molar refractivity (Wildman–Crippen MR) is 68.8 cm³/mol. The number of halogens is 2. The Labute approximate surface area is 120 Å². The highest BCUT2D eigenvalue weighted by Gasteiger charge is 2.36. The van der Waals surface area contributed by atoms with Gasteiger partial charge in [-0.15, -0.1) is 0 Å². The Morgan fingerprint density at radius 2 is 2.10 bits per heavy atom. The zero-order valence-corrected chi connectivity index (χ0v) is 11.7. The van der Waals surface area contributed by atoms with E-state index in [9.17, 15) is 18.4 Å². The highest BCUT2D eigenvalue weighted by Crippen LogP contribution is 2.21. The number of aryl methyl sites for hydroxylation is 1. The molecule has 1 aliphatic rings. The number of nitrogens with zero attached hydrogens (tertiary/aromatic N) is 1. The van der Waals surface area contributed by atoms with Crippen molar-refractivity contribution in [1.29, 1.82) is 0 Å². The molecular weight excluding hydrogens is 284 g/mol. The fourth-order valence-corrected chi connectivity index (χ4v) is 2.17. The fraction of sp³-hybridized carbons (Fsp3) is 0.429. The minimum absolute atomic E-state index is 0.0609. The van der Waals surface area contributed by atoms with Crippen LogP contribution in [0.25, 0.3) is 0 Å². The number of methoxy groups -OCH3 is 1. The molecule has 0 bridgehead atoms. The zero-order valence-electron chi connectivity index (χ0n) is 11.7. The van der Waals surface area contributed by atoms with Gasteiger partial charge >= 0.3 is 5.97 Å². The highest BCUT2D eigenvalue weighted by molar-refractivity contribution is 5.97. The first-order chi connectivity index (χ1) is 9.97. The SMILES string of the molecule is COC(=O)C1COCCN1C(=O)c1c(F)ccc(C)c1F. The van der Waals surface area contributed by atoms with E-state index in [1.54, 1.807) is 0 Å². The number of esters is 1. The van der Waals surface area contributed by atoms with Crippen LogP contribution < -0.4 is 0 Å². The van der Waals surface area contributed by atoms with E-state index in [-0.39, 0.29) is 25.3 Å². The molecule has 1 atom stereocenters. The van der Waals surface area contributed by atoms with Crippen LogP contribution in [-0.4, -0.2) is 49.7 Å². The summed E-state index contributed by atoms with van der Waals surface area (Å²) in [6.45, 7) is 1.62. The first-order valence-corrected chi connectivity index (χ1v) is 6.38. The molecule has 1 aliphatic heterocycles. The lowest BCUT2D eigenvalue weighted by Crippen LogP contribution is -2.53. The summed E-state index contributed by atoms with van der Waals surface area (Å²) in [7, 11) is 1.17. The van der Waals surface area contributed by atoms with E-state index >= 15 is 0 Å². The van der Waals surface area contributed by atoms with Crippen molar-refractivity contribution in [1.82, 2.24) is 4.90 Å². The molecule has 0 saturated carbocycles. The Hall–Kier alpha value is -2.02. The molecule has 1 fully saturated rings. The van der Waals surface area contributed by atoms with Crippen molar-refractivity contribution in [3.05, 3.63) is 34.9 Å². The standard InChI is InChI=1S/C14H15F2NO4/c1-8-3-4-9(15)11(12(8)16)13(18)17-5-6-21-7-10(17)14(19)20-2/h3-4,10H,5-7H2,1-2H3. The molecule has 21 heavy (non-hydrogen) atoms. The topological polar surface area (TPSA) is 55.8 Å². The third-order valence-corrected chi connectivity index (χ3v) is 3.36. The lowest BCUT2D eigenvalue weighted by Gasteiger charge is -2.33. The van der Waals surface area contributed by atoms with Crippen molar-refractivity contribution in [2.45, 2.75) is 13.0 Å². The average Bonchev–Trinajstić information content (AvgIpc) is 2.50. The maximum Gasteiger partial charge on any atom is 0.331 e. The molecular formula is C14H15F2NO4. The van der Waals surface area contributed by atoms with Gasteiger partial charge in [-0.2, -0.15) is 0 Å². The van der Waals surface area contributed by atoms with Crippen LogP contribution in [0.4, 0.5) is 8.78 Å². The number of ether oxygens (including phenoxy) is 2. The zero-order chi connectivity index (χ0) is 15.6. The second-order valence-electron chi connectivity index (χ2n) is 4.67. The van der Waals surface area contributed by atoms with Crippen LogP contribution in [-0.2, 0) is 14.3 Å². The van der Waals surface area contributed by atoms with Gasteiger partial charge in [-0.3, -0.25) is 4.79 Å². The molecule has 1 aromatic carbocycles. The average molecular weight is 299 g/mol. The van der Waals surface area contributed by atoms with Crippen LogP contribution in [0.3, 0.4) is 0 Å². The summed E-state index contributed by atoms with van der Waals surface area (Å²) in [6.07, 6.45) is 0. The Bertz CT molecular complexity index is 576. The molecule has 1 saturated heterocycles. The second-order valence-corrected chi connectivity index (χ2v) is 4.67. The van der Waals surface area contributed by atoms with Crippen molar-refractivity contribution in [2.75, 3.05) is 26.9 Å². The minimum Gasteiger partial charge on any atom is -0.467 e. The maximum atomic E-state index is 14.0. The molecule has 0 aliphatic carbocycles. The number of carbonyl (C=O) groups excluding carboxylic acids is 2. The van der Waals surface area contributed by atoms with Crippen LogP contribution in [0.5, 0.6) is 0 Å². The largest absolute Gasteiger partial charge is 0.467 e. The molecule has 1 heterocycles. The lowest BCUT2D eigenvalue weighted by molar-refractivity contribution is -0.151. The summed E-state index contributed by atoms with van der Waals surface area (Å²) in [5, 5.41) is 0. The van der Waals surface area contributed by atoms with Crippen molar-refractivity contribution in [3.8, 4) is 0 Å². The third-order valence-electron chi connectivity index (χ3n) is 3.36. The van der Waals surface area contributed by atoms with Gasteiger partial charge in [-0.05, 0) is 18.6 Å². The van der Waals surface area contributed by atoms with E-state index in [0.29, 0.717) is 0 Å². The monoisotopic (exact) mass is 299 g/mol. The summed E-state index contributed by atoms with van der Waals surface area (Å²) in [5.41, 5.74) is -0.506. The normalized spacial score (nSPS) is 18.5. The van der Waals surface area contributed by atoms with Crippen LogP contribution in [0.2, 0.25) is 0 Å². The molecule has 0 radical (unpaired) electrons. The van der Waals surface area contributed by atoms with E-state index in [4.69, 9.17) is 4.74 Å². The van der Waals surface area contributed by atoms with E-state index in [2.05, 4.69) is 4.74 Å². The van der Waals surface area contributed by atoms with E-state index in [1.165, 1.54) is 20.1 Å². The molecule has 2 rings (SSSR count). The number of carbonyl (C=O) groups is 2. The second kappa shape index (κ2) is 6.17. The summed E-state index contributed by atoms with van der Waals surface area (Å²) >= 11 is 0. The molecule has 114 valence electrons. The molecule has 1 unspecified atom stereocenters. The Morgan fingerprint density at radius 1 is 1.38 bits per heavy atom. The van der Waals surface area contributed by atoms with Crippen molar-refractivity contribution in [3.63, 3.8) is 0 Å². The van der Waals surface area contributed by atoms with Crippen molar-refractivity contribution < 1.29 is 27.8 Å². The van der Waals surface area contributed by atoms with Gasteiger partial charge in [0.1, 0.15) is 17.2 Å². The van der Waals surface area contributed by atoms with Crippen molar-refractivity contribution in [2.24, 2.45) is 0 Å². The Morgan fingerprint density at radius 3 is 2.76 bits per heavy atom. The lowest BCUT2D eigenvalue weighted by atomic mass is 10.1. The number of morpholine rings is 1. The van der Waals surface area contributed by atoms with Gasteiger partial charge in [0.05, 0.1) is 20.3 Å².